The molecule has 1 saturated heterocycles. The number of hydrogen-bond acceptors (Lipinski definition) is 4. The molecule has 2 amide bonds. The van der Waals surface area contributed by atoms with Crippen LogP contribution in [0.25, 0.3) is 10.8 Å². The van der Waals surface area contributed by atoms with Crippen molar-refractivity contribution in [3.05, 3.63) is 66.2 Å². The van der Waals surface area contributed by atoms with Gasteiger partial charge in [-0.05, 0) is 58.8 Å². The molecule has 3 aromatic carbocycles. The van der Waals surface area contributed by atoms with Crippen molar-refractivity contribution in [3.63, 3.8) is 0 Å². The second kappa shape index (κ2) is 8.68. The van der Waals surface area contributed by atoms with Crippen molar-refractivity contribution in [3.8, 4) is 11.5 Å². The largest absolute Gasteiger partial charge is 0.497 e. The summed E-state index contributed by atoms with van der Waals surface area (Å²) in [5.74, 6) is 1.16. The molecule has 6 nitrogen and oxygen atoms in total. The van der Waals surface area contributed by atoms with Gasteiger partial charge in [0.25, 0.3) is 0 Å². The second-order valence-corrected chi connectivity index (χ2v) is 7.85. The van der Waals surface area contributed by atoms with Gasteiger partial charge in [0.05, 0.1) is 20.1 Å². The van der Waals surface area contributed by atoms with Crippen molar-refractivity contribution in [1.29, 1.82) is 0 Å². The SMILES string of the molecule is COc1ccc(N2CC(C(=O)N(C)Cc3ccc4cc(OC)ccc4c3)CC2=O)cc1. The number of carbonyl (C=O) groups excluding carboxylic acids is 2. The third kappa shape index (κ3) is 4.33. The molecule has 0 aromatic heterocycles. The molecule has 0 aliphatic carbocycles. The van der Waals surface area contributed by atoms with Gasteiger partial charge in [0.2, 0.25) is 11.8 Å². The highest BCUT2D eigenvalue weighted by Crippen LogP contribution is 2.28. The quantitative estimate of drug-likeness (QED) is 0.610. The Morgan fingerprint density at radius 3 is 2.32 bits per heavy atom. The molecule has 0 spiro atoms. The van der Waals surface area contributed by atoms with Gasteiger partial charge in [0, 0.05) is 32.2 Å². The first-order valence-electron chi connectivity index (χ1n) is 10.2. The Balaban J connectivity index is 1.43. The summed E-state index contributed by atoms with van der Waals surface area (Å²) < 4.78 is 10.4. The fourth-order valence-electron chi connectivity index (χ4n) is 4.05. The maximum atomic E-state index is 13.0. The molecule has 6 heteroatoms. The Hall–Kier alpha value is -3.54. The van der Waals surface area contributed by atoms with Crippen LogP contribution in [0.3, 0.4) is 0 Å². The van der Waals surface area contributed by atoms with E-state index in [4.69, 9.17) is 9.47 Å². The molecule has 31 heavy (non-hydrogen) atoms. The maximum Gasteiger partial charge on any atom is 0.228 e. The zero-order valence-electron chi connectivity index (χ0n) is 18.0. The molecule has 1 atom stereocenters. The standard InChI is InChI=1S/C25H26N2O4/c1-26(15-17-4-5-19-13-23(31-3)9-6-18(19)12-17)25(29)20-14-24(28)27(16-20)21-7-10-22(30-2)11-8-21/h4-13,20H,14-16H2,1-3H3. The van der Waals surface area contributed by atoms with E-state index in [1.165, 1.54) is 0 Å². The van der Waals surface area contributed by atoms with Crippen molar-refractivity contribution in [1.82, 2.24) is 4.90 Å². The summed E-state index contributed by atoms with van der Waals surface area (Å²) in [4.78, 5) is 29.0. The normalized spacial score (nSPS) is 15.9. The van der Waals surface area contributed by atoms with E-state index in [0.717, 1.165) is 33.5 Å². The van der Waals surface area contributed by atoms with Gasteiger partial charge in [-0.15, -0.1) is 0 Å². The Morgan fingerprint density at radius 2 is 1.61 bits per heavy atom. The molecular weight excluding hydrogens is 392 g/mol. The zero-order chi connectivity index (χ0) is 22.0. The topological polar surface area (TPSA) is 59.1 Å². The zero-order valence-corrected chi connectivity index (χ0v) is 18.0. The van der Waals surface area contributed by atoms with Gasteiger partial charge < -0.3 is 19.3 Å². The van der Waals surface area contributed by atoms with Gasteiger partial charge in [-0.3, -0.25) is 9.59 Å². The molecule has 160 valence electrons. The number of hydrogen-bond donors (Lipinski definition) is 0. The van der Waals surface area contributed by atoms with Crippen molar-refractivity contribution >= 4 is 28.3 Å². The minimum atomic E-state index is -0.343. The Kier molecular flexibility index (Phi) is 5.80. The van der Waals surface area contributed by atoms with Crippen LogP contribution in [0.1, 0.15) is 12.0 Å². The van der Waals surface area contributed by atoms with E-state index in [9.17, 15) is 9.59 Å². The van der Waals surface area contributed by atoms with E-state index in [1.807, 2.05) is 54.6 Å². The summed E-state index contributed by atoms with van der Waals surface area (Å²) >= 11 is 0. The summed E-state index contributed by atoms with van der Waals surface area (Å²) in [5, 5.41) is 2.19. The van der Waals surface area contributed by atoms with E-state index in [2.05, 4.69) is 6.07 Å². The highest BCUT2D eigenvalue weighted by molar-refractivity contribution is 6.00. The smallest absolute Gasteiger partial charge is 0.228 e. The number of fused-ring (bicyclic) bond motifs is 1. The van der Waals surface area contributed by atoms with Crippen LogP contribution in [0.2, 0.25) is 0 Å². The Labute approximate surface area is 182 Å². The average molecular weight is 418 g/mol. The molecule has 1 aliphatic rings. The number of benzene rings is 3. The van der Waals surface area contributed by atoms with Crippen LogP contribution in [0, 0.1) is 5.92 Å². The van der Waals surface area contributed by atoms with Crippen LogP contribution in [-0.4, -0.2) is 44.5 Å². The van der Waals surface area contributed by atoms with Crippen molar-refractivity contribution in [2.45, 2.75) is 13.0 Å². The van der Waals surface area contributed by atoms with Gasteiger partial charge in [-0.1, -0.05) is 18.2 Å². The number of nitrogens with zero attached hydrogens (tertiary/aromatic N) is 2. The third-order valence-corrected chi connectivity index (χ3v) is 5.77. The van der Waals surface area contributed by atoms with Crippen LogP contribution < -0.4 is 14.4 Å². The predicted molar refractivity (Wildman–Crippen MR) is 120 cm³/mol. The molecule has 1 unspecified atom stereocenters. The number of ether oxygens (including phenoxy) is 2. The van der Waals surface area contributed by atoms with Crippen molar-refractivity contribution < 1.29 is 19.1 Å². The summed E-state index contributed by atoms with van der Waals surface area (Å²) in [6.45, 7) is 0.889. The van der Waals surface area contributed by atoms with E-state index in [0.29, 0.717) is 13.1 Å². The van der Waals surface area contributed by atoms with Crippen LogP contribution >= 0.6 is 0 Å². The van der Waals surface area contributed by atoms with Crippen molar-refractivity contribution in [2.75, 3.05) is 32.7 Å². The van der Waals surface area contributed by atoms with Gasteiger partial charge in [0.1, 0.15) is 11.5 Å². The Morgan fingerprint density at radius 1 is 0.968 bits per heavy atom. The summed E-state index contributed by atoms with van der Waals surface area (Å²) in [6, 6.07) is 19.4. The number of amides is 2. The number of anilines is 1. The first kappa shape index (κ1) is 20.7. The fourth-order valence-corrected chi connectivity index (χ4v) is 4.05. The molecular formula is C25H26N2O4. The van der Waals surface area contributed by atoms with Crippen LogP contribution in [0.4, 0.5) is 5.69 Å². The lowest BCUT2D eigenvalue weighted by molar-refractivity contribution is -0.135. The van der Waals surface area contributed by atoms with Gasteiger partial charge in [-0.25, -0.2) is 0 Å². The molecule has 3 aromatic rings. The first-order valence-corrected chi connectivity index (χ1v) is 10.2. The number of carbonyl (C=O) groups is 2. The van der Waals surface area contributed by atoms with E-state index < -0.39 is 0 Å². The molecule has 0 radical (unpaired) electrons. The van der Waals surface area contributed by atoms with Gasteiger partial charge >= 0.3 is 0 Å². The summed E-state index contributed by atoms with van der Waals surface area (Å²) in [6.07, 6.45) is 0.229. The van der Waals surface area contributed by atoms with E-state index >= 15 is 0 Å². The third-order valence-electron chi connectivity index (χ3n) is 5.77. The number of rotatable bonds is 6. The highest BCUT2D eigenvalue weighted by Gasteiger charge is 2.36. The van der Waals surface area contributed by atoms with Crippen LogP contribution in [-0.2, 0) is 16.1 Å². The fraction of sp³-hybridized carbons (Fsp3) is 0.280. The maximum absolute atomic E-state index is 13.0. The lowest BCUT2D eigenvalue weighted by atomic mass is 10.0. The molecule has 0 saturated carbocycles. The monoisotopic (exact) mass is 418 g/mol. The van der Waals surface area contributed by atoms with Gasteiger partial charge in [-0.2, -0.15) is 0 Å². The lowest BCUT2D eigenvalue weighted by Gasteiger charge is -2.22. The molecule has 0 bridgehead atoms. The lowest BCUT2D eigenvalue weighted by Crippen LogP contribution is -2.34. The molecule has 4 rings (SSSR count). The average Bonchev–Trinajstić information content (AvgIpc) is 3.19. The predicted octanol–water partition coefficient (Wildman–Crippen LogP) is 3.87. The molecule has 1 fully saturated rings. The van der Waals surface area contributed by atoms with E-state index in [-0.39, 0.29) is 24.2 Å². The Bertz CT molecular complexity index is 1110. The highest BCUT2D eigenvalue weighted by atomic mass is 16.5. The van der Waals surface area contributed by atoms with Crippen LogP contribution in [0.5, 0.6) is 11.5 Å². The van der Waals surface area contributed by atoms with Crippen LogP contribution in [0.15, 0.2) is 60.7 Å². The number of methoxy groups -OCH3 is 2. The minimum absolute atomic E-state index is 0.0146. The summed E-state index contributed by atoms with van der Waals surface area (Å²) in [7, 11) is 5.05. The molecule has 0 N–H and O–H groups in total. The van der Waals surface area contributed by atoms with Gasteiger partial charge in [0.15, 0.2) is 0 Å². The second-order valence-electron chi connectivity index (χ2n) is 7.85. The first-order chi connectivity index (χ1) is 15.0. The van der Waals surface area contributed by atoms with E-state index in [1.54, 1.807) is 31.1 Å². The van der Waals surface area contributed by atoms with Crippen molar-refractivity contribution in [2.24, 2.45) is 5.92 Å². The minimum Gasteiger partial charge on any atom is -0.497 e. The summed E-state index contributed by atoms with van der Waals surface area (Å²) in [5.41, 5.74) is 1.83. The molecule has 1 heterocycles. The molecule has 1 aliphatic heterocycles.